The Bertz CT molecular complexity index is 650. The maximum absolute atomic E-state index is 12.3. The van der Waals surface area contributed by atoms with Gasteiger partial charge in [-0.1, -0.05) is 23.7 Å². The smallest absolute Gasteiger partial charge is 0.252 e. The first kappa shape index (κ1) is 14.6. The van der Waals surface area contributed by atoms with E-state index in [9.17, 15) is 4.79 Å². The number of halogens is 1. The largest absolute Gasteiger partial charge is 0.352 e. The summed E-state index contributed by atoms with van der Waals surface area (Å²) < 4.78 is 0. The summed E-state index contributed by atoms with van der Waals surface area (Å²) in [5.41, 5.74) is 3.32. The number of hydrogen-bond donors (Lipinski definition) is 1. The summed E-state index contributed by atoms with van der Waals surface area (Å²) in [4.78, 5) is 13.7. The van der Waals surface area contributed by atoms with Crippen LogP contribution in [0.3, 0.4) is 0 Å². The van der Waals surface area contributed by atoms with Crippen LogP contribution in [0, 0.1) is 0 Å². The minimum atomic E-state index is 0.0661. The minimum Gasteiger partial charge on any atom is -0.352 e. The van der Waals surface area contributed by atoms with Gasteiger partial charge in [0.1, 0.15) is 0 Å². The molecular weight excluding hydrogens is 302 g/mol. The third-order valence-corrected chi connectivity index (χ3v) is 5.22. The fraction of sp³-hybridized carbons (Fsp3) is 0.353. The second-order valence-electron chi connectivity index (χ2n) is 5.39. The van der Waals surface area contributed by atoms with Gasteiger partial charge in [0.05, 0.1) is 5.56 Å². The highest BCUT2D eigenvalue weighted by molar-refractivity contribution is 7.10. The predicted octanol–water partition coefficient (Wildman–Crippen LogP) is 4.25. The maximum Gasteiger partial charge on any atom is 0.252 e. The van der Waals surface area contributed by atoms with Gasteiger partial charge in [0.2, 0.25) is 0 Å². The molecule has 0 saturated heterocycles. The summed E-state index contributed by atoms with van der Waals surface area (Å²) in [5, 5.41) is 5.79. The first-order valence-electron chi connectivity index (χ1n) is 7.36. The van der Waals surface area contributed by atoms with Crippen molar-refractivity contribution >= 4 is 28.8 Å². The number of nitrogens with one attached hydrogen (secondary N) is 1. The summed E-state index contributed by atoms with van der Waals surface area (Å²) in [6.45, 7) is 0.643. The highest BCUT2D eigenvalue weighted by Gasteiger charge is 2.19. The van der Waals surface area contributed by atoms with Crippen LogP contribution in [0.4, 0.5) is 0 Å². The summed E-state index contributed by atoms with van der Waals surface area (Å²) >= 11 is 7.69. The van der Waals surface area contributed by atoms with Crippen molar-refractivity contribution in [2.24, 2.45) is 0 Å². The van der Waals surface area contributed by atoms with Crippen molar-refractivity contribution in [2.45, 2.75) is 32.1 Å². The van der Waals surface area contributed by atoms with Crippen molar-refractivity contribution in [3.8, 4) is 0 Å². The molecule has 2 aromatic rings. The zero-order chi connectivity index (χ0) is 14.7. The van der Waals surface area contributed by atoms with E-state index in [-0.39, 0.29) is 5.91 Å². The van der Waals surface area contributed by atoms with E-state index in [4.69, 9.17) is 11.6 Å². The molecule has 0 radical (unpaired) electrons. The number of aryl methyl sites for hydroxylation is 1. The van der Waals surface area contributed by atoms with Crippen LogP contribution >= 0.6 is 22.9 Å². The Kier molecular flexibility index (Phi) is 4.61. The molecule has 1 heterocycles. The predicted molar refractivity (Wildman–Crippen MR) is 88.5 cm³/mol. The van der Waals surface area contributed by atoms with Gasteiger partial charge in [-0.15, -0.1) is 11.3 Å². The lowest BCUT2D eigenvalue weighted by Gasteiger charge is -2.12. The third-order valence-electron chi connectivity index (χ3n) is 3.89. The van der Waals surface area contributed by atoms with Crippen molar-refractivity contribution in [3.05, 3.63) is 56.2 Å². The molecule has 0 atom stereocenters. The lowest BCUT2D eigenvalue weighted by atomic mass is 9.95. The van der Waals surface area contributed by atoms with Crippen LogP contribution in [-0.2, 0) is 19.3 Å². The molecule has 0 fully saturated rings. The molecule has 1 aliphatic carbocycles. The van der Waals surface area contributed by atoms with Gasteiger partial charge >= 0.3 is 0 Å². The molecule has 1 aromatic carbocycles. The number of rotatable bonds is 4. The third kappa shape index (κ3) is 3.47. The molecule has 1 N–H and O–H groups in total. The second-order valence-corrected chi connectivity index (χ2v) is 6.79. The van der Waals surface area contributed by atoms with Crippen molar-refractivity contribution in [1.82, 2.24) is 5.32 Å². The van der Waals surface area contributed by atoms with E-state index in [0.717, 1.165) is 35.4 Å². The van der Waals surface area contributed by atoms with E-state index in [1.807, 2.05) is 29.6 Å². The lowest BCUT2D eigenvalue weighted by molar-refractivity contribution is 0.0953. The van der Waals surface area contributed by atoms with Gasteiger partial charge < -0.3 is 5.32 Å². The van der Waals surface area contributed by atoms with Crippen LogP contribution in [0.25, 0.3) is 0 Å². The molecule has 2 nitrogen and oxygen atoms in total. The first-order chi connectivity index (χ1) is 10.2. The molecule has 0 unspecified atom stereocenters. The number of hydrogen-bond acceptors (Lipinski definition) is 2. The average Bonchev–Trinajstić information content (AvgIpc) is 2.91. The topological polar surface area (TPSA) is 29.1 Å². The minimum absolute atomic E-state index is 0.0661. The molecule has 0 saturated carbocycles. The number of fused-ring (bicyclic) bond motifs is 1. The van der Waals surface area contributed by atoms with Gasteiger partial charge in [-0.2, -0.15) is 0 Å². The summed E-state index contributed by atoms with van der Waals surface area (Å²) in [6, 6.07) is 7.78. The van der Waals surface area contributed by atoms with Gasteiger partial charge in [0.25, 0.3) is 5.91 Å². The molecule has 1 aliphatic rings. The maximum atomic E-state index is 12.3. The van der Waals surface area contributed by atoms with E-state index in [2.05, 4.69) is 5.32 Å². The van der Waals surface area contributed by atoms with Gasteiger partial charge in [-0.3, -0.25) is 4.79 Å². The number of thiophene rings is 1. The van der Waals surface area contributed by atoms with Crippen molar-refractivity contribution < 1.29 is 4.79 Å². The Balaban J connectivity index is 1.58. The molecule has 1 aromatic heterocycles. The van der Waals surface area contributed by atoms with Gasteiger partial charge in [0.15, 0.2) is 0 Å². The normalized spacial score (nSPS) is 13.8. The summed E-state index contributed by atoms with van der Waals surface area (Å²) in [7, 11) is 0. The first-order valence-corrected chi connectivity index (χ1v) is 8.61. The van der Waals surface area contributed by atoms with Gasteiger partial charge in [-0.25, -0.2) is 0 Å². The van der Waals surface area contributed by atoms with Crippen LogP contribution in [-0.4, -0.2) is 12.5 Å². The van der Waals surface area contributed by atoms with Gasteiger partial charge in [0, 0.05) is 21.8 Å². The Hall–Kier alpha value is -1.32. The highest BCUT2D eigenvalue weighted by atomic mass is 35.5. The van der Waals surface area contributed by atoms with E-state index < -0.39 is 0 Å². The van der Waals surface area contributed by atoms with Gasteiger partial charge in [-0.05, 0) is 55.4 Å². The monoisotopic (exact) mass is 319 g/mol. The molecule has 0 spiro atoms. The van der Waals surface area contributed by atoms with Crippen molar-refractivity contribution in [1.29, 1.82) is 0 Å². The zero-order valence-corrected chi connectivity index (χ0v) is 13.4. The van der Waals surface area contributed by atoms with Crippen molar-refractivity contribution in [3.63, 3.8) is 0 Å². The Labute approximate surface area is 134 Å². The van der Waals surface area contributed by atoms with Crippen molar-refractivity contribution in [2.75, 3.05) is 6.54 Å². The van der Waals surface area contributed by atoms with E-state index in [0.29, 0.717) is 6.54 Å². The van der Waals surface area contributed by atoms with E-state index in [1.54, 1.807) is 11.3 Å². The molecule has 1 amide bonds. The Morgan fingerprint density at radius 3 is 3.00 bits per heavy atom. The van der Waals surface area contributed by atoms with E-state index in [1.165, 1.54) is 23.3 Å². The standard InChI is InChI=1S/C17H18ClNOS/c18-13-5-3-4-12(10-13)8-9-19-17(20)15-11-21-16-7-2-1-6-14(15)16/h3-5,10-11H,1-2,6-9H2,(H,19,20). The quantitative estimate of drug-likeness (QED) is 0.896. The molecule has 110 valence electrons. The zero-order valence-electron chi connectivity index (χ0n) is 11.8. The second kappa shape index (κ2) is 6.63. The number of carbonyl (C=O) groups excluding carboxylic acids is 1. The number of amides is 1. The van der Waals surface area contributed by atoms with Crippen LogP contribution in [0.2, 0.25) is 5.02 Å². The fourth-order valence-electron chi connectivity index (χ4n) is 2.79. The Morgan fingerprint density at radius 2 is 2.14 bits per heavy atom. The molecule has 4 heteroatoms. The average molecular weight is 320 g/mol. The van der Waals surface area contributed by atoms with Crippen LogP contribution in [0.15, 0.2) is 29.6 Å². The van der Waals surface area contributed by atoms with E-state index >= 15 is 0 Å². The highest BCUT2D eigenvalue weighted by Crippen LogP contribution is 2.30. The van der Waals surface area contributed by atoms with Crippen LogP contribution < -0.4 is 5.32 Å². The molecule has 3 rings (SSSR count). The molecule has 0 aliphatic heterocycles. The van der Waals surface area contributed by atoms with Crippen LogP contribution in [0.1, 0.15) is 39.2 Å². The fourth-order valence-corrected chi connectivity index (χ4v) is 4.13. The SMILES string of the molecule is O=C(NCCc1cccc(Cl)c1)c1csc2c1CCCC2. The summed E-state index contributed by atoms with van der Waals surface area (Å²) in [5.74, 6) is 0.0661. The molecule has 21 heavy (non-hydrogen) atoms. The lowest BCUT2D eigenvalue weighted by Crippen LogP contribution is -2.26. The summed E-state index contributed by atoms with van der Waals surface area (Å²) in [6.07, 6.45) is 5.44. The Morgan fingerprint density at radius 1 is 1.29 bits per heavy atom. The molecular formula is C17H18ClNOS. The number of carbonyl (C=O) groups is 1. The number of benzene rings is 1. The van der Waals surface area contributed by atoms with Crippen LogP contribution in [0.5, 0.6) is 0 Å². The molecule has 0 bridgehead atoms.